The third-order valence-corrected chi connectivity index (χ3v) is 5.84. The molecule has 8 nitrogen and oxygen atoms in total. The van der Waals surface area contributed by atoms with Gasteiger partial charge in [-0.3, -0.25) is 0 Å². The number of nitrogens with one attached hydrogen (secondary N) is 1. The molecule has 9 heteroatoms. The molecule has 0 bridgehead atoms. The highest BCUT2D eigenvalue weighted by Gasteiger charge is 2.37. The normalized spacial score (nSPS) is 18.9. The Hall–Kier alpha value is -2.10. The largest absolute Gasteiger partial charge is 0.309 e. The summed E-state index contributed by atoms with van der Waals surface area (Å²) in [6.45, 7) is 0.498. The Morgan fingerprint density at radius 2 is 2.04 bits per heavy atom. The minimum Gasteiger partial charge on any atom is -0.309 e. The van der Waals surface area contributed by atoms with Gasteiger partial charge in [-0.25, -0.2) is 15.0 Å². The summed E-state index contributed by atoms with van der Waals surface area (Å²) in [5, 5.41) is 3.03. The zero-order valence-corrected chi connectivity index (χ0v) is 14.4. The van der Waals surface area contributed by atoms with Gasteiger partial charge in [-0.1, -0.05) is 6.07 Å². The smallest absolute Gasteiger partial charge is 0.282 e. The van der Waals surface area contributed by atoms with Gasteiger partial charge in [0, 0.05) is 33.0 Å². The Labute approximate surface area is 141 Å². The maximum atomic E-state index is 12.5. The SMILES string of the molecule is CN(C)S(=O)(=O)N1CCCC1c1ccnc(Nc2ccccn2)n1. The van der Waals surface area contributed by atoms with Crippen molar-refractivity contribution in [2.24, 2.45) is 0 Å². The van der Waals surface area contributed by atoms with E-state index in [-0.39, 0.29) is 6.04 Å². The third-order valence-electron chi connectivity index (χ3n) is 3.88. The van der Waals surface area contributed by atoms with Crippen molar-refractivity contribution in [1.82, 2.24) is 23.6 Å². The fourth-order valence-electron chi connectivity index (χ4n) is 2.69. The Kier molecular flexibility index (Phi) is 4.74. The van der Waals surface area contributed by atoms with E-state index in [9.17, 15) is 8.42 Å². The van der Waals surface area contributed by atoms with Gasteiger partial charge in [0.2, 0.25) is 5.95 Å². The molecule has 3 heterocycles. The summed E-state index contributed by atoms with van der Waals surface area (Å²) in [6.07, 6.45) is 4.86. The average molecular weight is 348 g/mol. The zero-order chi connectivity index (χ0) is 17.2. The van der Waals surface area contributed by atoms with Crippen LogP contribution >= 0.6 is 0 Å². The molecule has 0 aromatic carbocycles. The van der Waals surface area contributed by atoms with Gasteiger partial charge in [0.1, 0.15) is 5.82 Å². The van der Waals surface area contributed by atoms with Crippen molar-refractivity contribution >= 4 is 22.0 Å². The van der Waals surface area contributed by atoms with Crippen LogP contribution in [0.1, 0.15) is 24.6 Å². The third kappa shape index (κ3) is 3.37. The van der Waals surface area contributed by atoms with E-state index in [1.54, 1.807) is 32.6 Å². The van der Waals surface area contributed by atoms with Crippen molar-refractivity contribution in [2.75, 3.05) is 26.0 Å². The number of hydrogen-bond acceptors (Lipinski definition) is 6. The highest BCUT2D eigenvalue weighted by atomic mass is 32.2. The molecule has 1 saturated heterocycles. The first kappa shape index (κ1) is 16.7. The molecule has 1 aliphatic heterocycles. The second-order valence-corrected chi connectivity index (χ2v) is 7.80. The zero-order valence-electron chi connectivity index (χ0n) is 13.6. The lowest BCUT2D eigenvalue weighted by Crippen LogP contribution is -2.39. The van der Waals surface area contributed by atoms with Crippen molar-refractivity contribution in [3.8, 4) is 0 Å². The van der Waals surface area contributed by atoms with E-state index in [4.69, 9.17) is 0 Å². The van der Waals surface area contributed by atoms with E-state index in [2.05, 4.69) is 20.3 Å². The fraction of sp³-hybridized carbons (Fsp3) is 0.400. The number of rotatable bonds is 5. The summed E-state index contributed by atoms with van der Waals surface area (Å²) in [4.78, 5) is 12.8. The summed E-state index contributed by atoms with van der Waals surface area (Å²) < 4.78 is 27.7. The topological polar surface area (TPSA) is 91.3 Å². The van der Waals surface area contributed by atoms with Crippen LogP contribution in [0.4, 0.5) is 11.8 Å². The van der Waals surface area contributed by atoms with Crippen molar-refractivity contribution in [3.63, 3.8) is 0 Å². The molecule has 1 atom stereocenters. The lowest BCUT2D eigenvalue weighted by atomic mass is 10.1. The van der Waals surface area contributed by atoms with Gasteiger partial charge in [0.25, 0.3) is 10.2 Å². The predicted octanol–water partition coefficient (Wildman–Crippen LogP) is 1.56. The summed E-state index contributed by atoms with van der Waals surface area (Å²) in [7, 11) is -0.391. The molecule has 1 fully saturated rings. The first-order valence-corrected chi connectivity index (χ1v) is 9.08. The van der Waals surface area contributed by atoms with Gasteiger partial charge >= 0.3 is 0 Å². The molecule has 0 spiro atoms. The maximum Gasteiger partial charge on any atom is 0.282 e. The van der Waals surface area contributed by atoms with Crippen molar-refractivity contribution in [2.45, 2.75) is 18.9 Å². The fourth-order valence-corrected chi connectivity index (χ4v) is 4.01. The number of nitrogens with zero attached hydrogens (tertiary/aromatic N) is 5. The first-order valence-electron chi connectivity index (χ1n) is 7.69. The molecular weight excluding hydrogens is 328 g/mol. The van der Waals surface area contributed by atoms with E-state index in [1.165, 1.54) is 8.61 Å². The summed E-state index contributed by atoms with van der Waals surface area (Å²) in [5.41, 5.74) is 0.686. The van der Waals surface area contributed by atoms with Crippen molar-refractivity contribution in [3.05, 3.63) is 42.4 Å². The molecule has 128 valence electrons. The standard InChI is InChI=1S/C15H20N6O2S/c1-20(2)24(22,23)21-11-5-6-13(21)12-8-10-17-15(18-12)19-14-7-3-4-9-16-14/h3-4,7-10,13H,5-6,11H2,1-2H3,(H,16,17,18,19). The predicted molar refractivity (Wildman–Crippen MR) is 90.8 cm³/mol. The van der Waals surface area contributed by atoms with Crippen LogP contribution in [0.2, 0.25) is 0 Å². The van der Waals surface area contributed by atoms with E-state index in [1.807, 2.05) is 18.2 Å². The van der Waals surface area contributed by atoms with Crippen LogP contribution in [-0.2, 0) is 10.2 Å². The van der Waals surface area contributed by atoms with Gasteiger partial charge in [0.15, 0.2) is 0 Å². The molecule has 2 aromatic rings. The molecule has 2 aromatic heterocycles. The Balaban J connectivity index is 1.85. The molecule has 1 unspecified atom stereocenters. The molecule has 24 heavy (non-hydrogen) atoms. The summed E-state index contributed by atoms with van der Waals surface area (Å²) in [6, 6.07) is 6.99. The monoisotopic (exact) mass is 348 g/mol. The number of pyridine rings is 1. The molecule has 0 saturated carbocycles. The van der Waals surface area contributed by atoms with Gasteiger partial charge in [-0.2, -0.15) is 17.0 Å². The quantitative estimate of drug-likeness (QED) is 0.882. The number of aromatic nitrogens is 3. The van der Waals surface area contributed by atoms with Gasteiger partial charge in [-0.05, 0) is 31.0 Å². The average Bonchev–Trinajstić information content (AvgIpc) is 3.06. The Morgan fingerprint density at radius 3 is 2.75 bits per heavy atom. The minimum atomic E-state index is -3.47. The molecule has 1 aliphatic rings. The summed E-state index contributed by atoms with van der Waals surface area (Å²) in [5.74, 6) is 1.04. The van der Waals surface area contributed by atoms with Crippen LogP contribution in [0, 0.1) is 0 Å². The van der Waals surface area contributed by atoms with E-state index in [0.29, 0.717) is 24.0 Å². The number of anilines is 2. The van der Waals surface area contributed by atoms with Crippen molar-refractivity contribution < 1.29 is 8.42 Å². The molecule has 3 rings (SSSR count). The number of hydrogen-bond donors (Lipinski definition) is 1. The summed E-state index contributed by atoms with van der Waals surface area (Å²) >= 11 is 0. The van der Waals surface area contributed by atoms with Gasteiger partial charge in [-0.15, -0.1) is 0 Å². The highest BCUT2D eigenvalue weighted by Crippen LogP contribution is 2.34. The van der Waals surface area contributed by atoms with Crippen LogP contribution in [0.25, 0.3) is 0 Å². The second kappa shape index (κ2) is 6.80. The Morgan fingerprint density at radius 1 is 1.21 bits per heavy atom. The van der Waals surface area contributed by atoms with Crippen LogP contribution in [0.15, 0.2) is 36.7 Å². The van der Waals surface area contributed by atoms with Gasteiger partial charge < -0.3 is 5.32 Å². The van der Waals surface area contributed by atoms with Crippen LogP contribution in [-0.4, -0.2) is 52.6 Å². The molecule has 0 radical (unpaired) electrons. The van der Waals surface area contributed by atoms with E-state index >= 15 is 0 Å². The first-order chi connectivity index (χ1) is 11.5. The maximum absolute atomic E-state index is 12.5. The Bertz CT molecular complexity index is 797. The van der Waals surface area contributed by atoms with Crippen molar-refractivity contribution in [1.29, 1.82) is 0 Å². The van der Waals surface area contributed by atoms with E-state index in [0.717, 1.165) is 12.8 Å². The molecule has 0 amide bonds. The molecule has 0 aliphatic carbocycles. The van der Waals surface area contributed by atoms with Crippen LogP contribution in [0.5, 0.6) is 0 Å². The minimum absolute atomic E-state index is 0.273. The second-order valence-electron chi connectivity index (χ2n) is 5.70. The van der Waals surface area contributed by atoms with Crippen LogP contribution in [0.3, 0.4) is 0 Å². The lowest BCUT2D eigenvalue weighted by Gasteiger charge is -2.26. The lowest BCUT2D eigenvalue weighted by molar-refractivity contribution is 0.358. The highest BCUT2D eigenvalue weighted by molar-refractivity contribution is 7.86. The van der Waals surface area contributed by atoms with E-state index < -0.39 is 10.2 Å². The van der Waals surface area contributed by atoms with Gasteiger partial charge in [0.05, 0.1) is 11.7 Å². The molecule has 1 N–H and O–H groups in total. The van der Waals surface area contributed by atoms with Crippen LogP contribution < -0.4 is 5.32 Å². The molecular formula is C15H20N6O2S.